The van der Waals surface area contributed by atoms with Crippen LogP contribution in [0.1, 0.15) is 36.2 Å². The molecule has 0 saturated carbocycles. The lowest BCUT2D eigenvalue weighted by Gasteiger charge is -2.24. The Morgan fingerprint density at radius 3 is 2.71 bits per heavy atom. The second-order valence-corrected chi connectivity index (χ2v) is 4.16. The smallest absolute Gasteiger partial charge is 0.373 e. The number of carbonyl (C=O) groups excluding carboxylic acids is 1. The summed E-state index contributed by atoms with van der Waals surface area (Å²) in [4.78, 5) is 13.2. The lowest BCUT2D eigenvalue weighted by molar-refractivity contribution is 0.0556. The molecule has 1 N–H and O–H groups in total. The molecule has 0 aromatic carbocycles. The predicted octanol–water partition coefficient (Wildman–Crippen LogP) is 1.44. The second-order valence-electron chi connectivity index (χ2n) is 4.16. The molecule has 5 nitrogen and oxygen atoms in total. The van der Waals surface area contributed by atoms with Gasteiger partial charge in [0.2, 0.25) is 5.76 Å². The Kier molecular flexibility index (Phi) is 4.72. The molecule has 1 aromatic heterocycles. The highest BCUT2D eigenvalue weighted by Crippen LogP contribution is 2.21. The molecule has 1 heterocycles. The van der Waals surface area contributed by atoms with E-state index >= 15 is 0 Å². The van der Waals surface area contributed by atoms with Gasteiger partial charge in [-0.15, -0.1) is 0 Å². The van der Waals surface area contributed by atoms with Crippen molar-refractivity contribution in [1.29, 1.82) is 0 Å². The fourth-order valence-corrected chi connectivity index (χ4v) is 1.58. The summed E-state index contributed by atoms with van der Waals surface area (Å²) in [6.45, 7) is 4.21. The monoisotopic (exact) mass is 241 g/mol. The highest BCUT2D eigenvalue weighted by molar-refractivity contribution is 5.86. The first-order valence-electron chi connectivity index (χ1n) is 5.52. The number of nitrogens with zero attached hydrogens (tertiary/aromatic N) is 1. The molecule has 0 aliphatic rings. The molecule has 0 aliphatic heterocycles. The molecule has 0 aliphatic carbocycles. The molecule has 0 radical (unpaired) electrons. The van der Waals surface area contributed by atoms with E-state index in [-0.39, 0.29) is 11.8 Å². The highest BCUT2D eigenvalue weighted by Gasteiger charge is 2.19. The summed E-state index contributed by atoms with van der Waals surface area (Å²) in [7, 11) is 3.20. The zero-order chi connectivity index (χ0) is 13.0. The first kappa shape index (κ1) is 13.7. The zero-order valence-corrected chi connectivity index (χ0v) is 10.6. The van der Waals surface area contributed by atoms with Crippen LogP contribution in [0, 0.1) is 0 Å². The van der Waals surface area contributed by atoms with Crippen molar-refractivity contribution in [2.75, 3.05) is 20.7 Å². The number of carbonyl (C=O) groups is 1. The Labute approximate surface area is 101 Å². The van der Waals surface area contributed by atoms with Gasteiger partial charge in [0.25, 0.3) is 0 Å². The average molecular weight is 241 g/mol. The van der Waals surface area contributed by atoms with Crippen molar-refractivity contribution in [2.24, 2.45) is 0 Å². The molecule has 2 atom stereocenters. The number of aliphatic hydroxyl groups excluding tert-OH is 1. The van der Waals surface area contributed by atoms with E-state index in [1.807, 2.05) is 18.9 Å². The van der Waals surface area contributed by atoms with Crippen molar-refractivity contribution >= 4 is 5.97 Å². The summed E-state index contributed by atoms with van der Waals surface area (Å²) in [6.07, 6.45) is -0.405. The number of esters is 1. The molecule has 17 heavy (non-hydrogen) atoms. The fraction of sp³-hybridized carbons (Fsp3) is 0.583. The van der Waals surface area contributed by atoms with E-state index in [0.717, 1.165) is 0 Å². The number of rotatable bonds is 5. The molecule has 1 aromatic rings. The molecule has 2 unspecified atom stereocenters. The van der Waals surface area contributed by atoms with E-state index in [2.05, 4.69) is 4.74 Å². The third kappa shape index (κ3) is 3.57. The molecule has 0 amide bonds. The van der Waals surface area contributed by atoms with Crippen LogP contribution in [0.4, 0.5) is 0 Å². The number of ether oxygens (including phenoxy) is 1. The van der Waals surface area contributed by atoms with Gasteiger partial charge in [0.05, 0.1) is 19.3 Å². The number of aliphatic hydroxyl groups is 1. The van der Waals surface area contributed by atoms with E-state index < -0.39 is 12.1 Å². The van der Waals surface area contributed by atoms with E-state index in [9.17, 15) is 9.90 Å². The molecule has 96 valence electrons. The summed E-state index contributed by atoms with van der Waals surface area (Å²) in [5.74, 6) is 0.384. The van der Waals surface area contributed by atoms with Gasteiger partial charge in [0.15, 0.2) is 0 Å². The number of methoxy groups -OCH3 is 1. The van der Waals surface area contributed by atoms with Crippen molar-refractivity contribution in [3.8, 4) is 0 Å². The molecule has 0 saturated heterocycles. The van der Waals surface area contributed by atoms with Gasteiger partial charge in [-0.3, -0.25) is 4.90 Å². The maximum Gasteiger partial charge on any atom is 0.373 e. The van der Waals surface area contributed by atoms with E-state index in [0.29, 0.717) is 12.3 Å². The van der Waals surface area contributed by atoms with Crippen LogP contribution in [0.3, 0.4) is 0 Å². The molecule has 0 bridgehead atoms. The largest absolute Gasteiger partial charge is 0.463 e. The van der Waals surface area contributed by atoms with Crippen LogP contribution in [0.5, 0.6) is 0 Å². The number of hydrogen-bond donors (Lipinski definition) is 1. The summed E-state index contributed by atoms with van der Waals surface area (Å²) in [5, 5.41) is 9.30. The third-order valence-electron chi connectivity index (χ3n) is 2.64. The summed E-state index contributed by atoms with van der Waals surface area (Å²) >= 11 is 0. The highest BCUT2D eigenvalue weighted by atomic mass is 16.5. The van der Waals surface area contributed by atoms with Gasteiger partial charge in [0, 0.05) is 6.54 Å². The Bertz CT molecular complexity index is 372. The zero-order valence-electron chi connectivity index (χ0n) is 10.6. The maximum absolute atomic E-state index is 11.2. The molecule has 0 spiro atoms. The van der Waals surface area contributed by atoms with Crippen molar-refractivity contribution in [1.82, 2.24) is 4.90 Å². The van der Waals surface area contributed by atoms with Gasteiger partial charge < -0.3 is 14.3 Å². The molecule has 5 heteroatoms. The second kappa shape index (κ2) is 5.84. The fourth-order valence-electron chi connectivity index (χ4n) is 1.58. The first-order valence-corrected chi connectivity index (χ1v) is 5.52. The summed E-state index contributed by atoms with van der Waals surface area (Å²) < 4.78 is 9.97. The van der Waals surface area contributed by atoms with Crippen LogP contribution >= 0.6 is 0 Å². The van der Waals surface area contributed by atoms with Gasteiger partial charge in [-0.25, -0.2) is 4.79 Å². The van der Waals surface area contributed by atoms with Crippen molar-refractivity contribution in [2.45, 2.75) is 26.0 Å². The Morgan fingerprint density at radius 2 is 2.18 bits per heavy atom. The van der Waals surface area contributed by atoms with Gasteiger partial charge >= 0.3 is 5.97 Å². The SMILES string of the molecule is COC(=O)c1ccc(C(C)N(C)CC(C)O)o1. The predicted molar refractivity (Wildman–Crippen MR) is 62.8 cm³/mol. The van der Waals surface area contributed by atoms with Crippen molar-refractivity contribution in [3.63, 3.8) is 0 Å². The summed E-state index contributed by atoms with van der Waals surface area (Å²) in [6, 6.07) is 3.33. The molecule has 0 fully saturated rings. The van der Waals surface area contributed by atoms with Crippen molar-refractivity contribution < 1.29 is 19.1 Å². The van der Waals surface area contributed by atoms with Crippen LogP contribution in [0.25, 0.3) is 0 Å². The lowest BCUT2D eigenvalue weighted by Crippen LogP contribution is -2.29. The minimum Gasteiger partial charge on any atom is -0.463 e. The molecular formula is C12H19NO4. The van der Waals surface area contributed by atoms with E-state index in [4.69, 9.17) is 4.42 Å². The maximum atomic E-state index is 11.2. The van der Waals surface area contributed by atoms with Crippen LogP contribution in [-0.4, -0.2) is 42.8 Å². The van der Waals surface area contributed by atoms with Crippen LogP contribution < -0.4 is 0 Å². The van der Waals surface area contributed by atoms with Gasteiger partial charge in [-0.1, -0.05) is 0 Å². The normalized spacial score (nSPS) is 14.7. The van der Waals surface area contributed by atoms with Gasteiger partial charge in [-0.2, -0.15) is 0 Å². The van der Waals surface area contributed by atoms with Crippen LogP contribution in [0.15, 0.2) is 16.5 Å². The van der Waals surface area contributed by atoms with Crippen LogP contribution in [-0.2, 0) is 4.74 Å². The van der Waals surface area contributed by atoms with E-state index in [1.54, 1.807) is 19.1 Å². The number of furan rings is 1. The Hall–Kier alpha value is -1.33. The molecular weight excluding hydrogens is 222 g/mol. The first-order chi connectivity index (χ1) is 7.95. The van der Waals surface area contributed by atoms with Crippen molar-refractivity contribution in [3.05, 3.63) is 23.7 Å². The quantitative estimate of drug-likeness (QED) is 0.790. The minimum atomic E-state index is -0.485. The number of hydrogen-bond acceptors (Lipinski definition) is 5. The van der Waals surface area contributed by atoms with Crippen LogP contribution in [0.2, 0.25) is 0 Å². The summed E-state index contributed by atoms with van der Waals surface area (Å²) in [5.41, 5.74) is 0. The average Bonchev–Trinajstić information content (AvgIpc) is 2.75. The van der Waals surface area contributed by atoms with Gasteiger partial charge in [-0.05, 0) is 33.0 Å². The van der Waals surface area contributed by atoms with Gasteiger partial charge in [0.1, 0.15) is 5.76 Å². The van der Waals surface area contributed by atoms with E-state index in [1.165, 1.54) is 7.11 Å². The minimum absolute atomic E-state index is 0.0111. The topological polar surface area (TPSA) is 62.9 Å². The Morgan fingerprint density at radius 1 is 1.53 bits per heavy atom. The lowest BCUT2D eigenvalue weighted by atomic mass is 10.2. The third-order valence-corrected chi connectivity index (χ3v) is 2.64. The molecule has 1 rings (SSSR count). The standard InChI is InChI=1S/C12H19NO4/c1-8(14)7-13(3)9(2)10-5-6-11(17-10)12(15)16-4/h5-6,8-9,14H,7H2,1-4H3. The Balaban J connectivity index is 2.72. The number of likely N-dealkylation sites (N-methyl/N-ethyl adjacent to an activating group) is 1.